The van der Waals surface area contributed by atoms with Crippen LogP contribution >= 0.6 is 0 Å². The number of nitrogens with one attached hydrogen (secondary N) is 1. The lowest BCUT2D eigenvalue weighted by Gasteiger charge is -2.44. The summed E-state index contributed by atoms with van der Waals surface area (Å²) in [6, 6.07) is 0.778. The first kappa shape index (κ1) is 14.6. The molecule has 110 valence electrons. The van der Waals surface area contributed by atoms with Crippen LogP contribution in [0.1, 0.15) is 39.0 Å². The van der Waals surface area contributed by atoms with Crippen molar-refractivity contribution in [3.8, 4) is 0 Å². The van der Waals surface area contributed by atoms with Crippen LogP contribution in [0.25, 0.3) is 0 Å². The number of carbonyl (C=O) groups is 1. The summed E-state index contributed by atoms with van der Waals surface area (Å²) < 4.78 is 0. The van der Waals surface area contributed by atoms with Crippen LogP contribution in [0.3, 0.4) is 0 Å². The monoisotopic (exact) mass is 269 g/mol. The number of piperidine rings is 1. The summed E-state index contributed by atoms with van der Waals surface area (Å²) >= 11 is 0. The fraction of sp³-hybridized carbons (Fsp3) is 0.929. The number of hydrogen-bond acceptors (Lipinski definition) is 3. The van der Waals surface area contributed by atoms with Crippen molar-refractivity contribution < 1.29 is 9.90 Å². The van der Waals surface area contributed by atoms with E-state index in [0.717, 1.165) is 32.5 Å². The van der Waals surface area contributed by atoms with Crippen LogP contribution in [0.4, 0.5) is 4.79 Å². The second-order valence-corrected chi connectivity index (χ2v) is 5.85. The van der Waals surface area contributed by atoms with Gasteiger partial charge in [0.05, 0.1) is 0 Å². The average Bonchev–Trinajstić information content (AvgIpc) is 2.44. The molecule has 2 rings (SSSR count). The van der Waals surface area contributed by atoms with Gasteiger partial charge in [0.25, 0.3) is 0 Å². The van der Waals surface area contributed by atoms with E-state index in [4.69, 9.17) is 5.11 Å². The van der Waals surface area contributed by atoms with Crippen LogP contribution in [-0.2, 0) is 0 Å². The Morgan fingerprint density at radius 1 is 1.37 bits per heavy atom. The number of carbonyl (C=O) groups excluding carboxylic acids is 1. The van der Waals surface area contributed by atoms with Crippen LogP contribution in [0.5, 0.6) is 0 Å². The standard InChI is InChI=1S/C14H27N3O2/c1-12(5-4-10-18)15-14(19)17-9-8-16-7-3-2-6-13(16)11-17/h12-13,18H,2-11H2,1H3,(H,15,19). The molecule has 0 aromatic heterocycles. The Morgan fingerprint density at radius 3 is 3.00 bits per heavy atom. The summed E-state index contributed by atoms with van der Waals surface area (Å²) in [4.78, 5) is 16.7. The molecule has 19 heavy (non-hydrogen) atoms. The van der Waals surface area contributed by atoms with Crippen LogP contribution in [-0.4, -0.2) is 65.8 Å². The molecule has 2 saturated heterocycles. The zero-order chi connectivity index (χ0) is 13.7. The summed E-state index contributed by atoms with van der Waals surface area (Å²) in [5.41, 5.74) is 0. The second-order valence-electron chi connectivity index (χ2n) is 5.85. The lowest BCUT2D eigenvalue weighted by molar-refractivity contribution is 0.0636. The topological polar surface area (TPSA) is 55.8 Å². The Morgan fingerprint density at radius 2 is 2.21 bits per heavy atom. The minimum atomic E-state index is 0.0654. The van der Waals surface area contributed by atoms with Crippen molar-refractivity contribution in [3.63, 3.8) is 0 Å². The molecule has 5 nitrogen and oxygen atoms in total. The molecular formula is C14H27N3O2. The van der Waals surface area contributed by atoms with Crippen molar-refractivity contribution >= 4 is 6.03 Å². The third-order valence-corrected chi connectivity index (χ3v) is 4.29. The number of nitrogens with zero attached hydrogens (tertiary/aromatic N) is 2. The van der Waals surface area contributed by atoms with Crippen molar-refractivity contribution in [2.45, 2.75) is 51.1 Å². The van der Waals surface area contributed by atoms with Crippen LogP contribution < -0.4 is 5.32 Å². The number of urea groups is 1. The van der Waals surface area contributed by atoms with E-state index in [-0.39, 0.29) is 18.7 Å². The van der Waals surface area contributed by atoms with E-state index in [0.29, 0.717) is 6.04 Å². The first-order chi connectivity index (χ1) is 9.20. The van der Waals surface area contributed by atoms with Gasteiger partial charge in [-0.25, -0.2) is 4.79 Å². The Hall–Kier alpha value is -0.810. The van der Waals surface area contributed by atoms with Gasteiger partial charge in [-0.1, -0.05) is 6.42 Å². The largest absolute Gasteiger partial charge is 0.396 e. The molecule has 0 bridgehead atoms. The molecular weight excluding hydrogens is 242 g/mol. The van der Waals surface area contributed by atoms with Crippen molar-refractivity contribution in [2.75, 3.05) is 32.8 Å². The molecule has 0 saturated carbocycles. The predicted octanol–water partition coefficient (Wildman–Crippen LogP) is 1.03. The molecule has 0 aliphatic carbocycles. The fourth-order valence-electron chi connectivity index (χ4n) is 3.11. The molecule has 2 fully saturated rings. The number of rotatable bonds is 4. The third-order valence-electron chi connectivity index (χ3n) is 4.29. The quantitative estimate of drug-likeness (QED) is 0.801. The van der Waals surface area contributed by atoms with Gasteiger partial charge in [0.2, 0.25) is 0 Å². The normalized spacial score (nSPS) is 25.8. The highest BCUT2D eigenvalue weighted by atomic mass is 16.3. The molecule has 2 unspecified atom stereocenters. The van der Waals surface area contributed by atoms with Crippen molar-refractivity contribution in [2.24, 2.45) is 0 Å². The summed E-state index contributed by atoms with van der Waals surface area (Å²) in [7, 11) is 0. The maximum Gasteiger partial charge on any atom is 0.317 e. The fourth-order valence-corrected chi connectivity index (χ4v) is 3.11. The maximum absolute atomic E-state index is 12.2. The highest BCUT2D eigenvalue weighted by molar-refractivity contribution is 5.74. The number of piperazine rings is 1. The van der Waals surface area contributed by atoms with E-state index >= 15 is 0 Å². The smallest absolute Gasteiger partial charge is 0.317 e. The molecule has 5 heteroatoms. The van der Waals surface area contributed by atoms with Gasteiger partial charge < -0.3 is 15.3 Å². The van der Waals surface area contributed by atoms with Crippen LogP contribution in [0.2, 0.25) is 0 Å². The summed E-state index contributed by atoms with van der Waals surface area (Å²) in [5, 5.41) is 11.8. The Balaban J connectivity index is 1.76. The van der Waals surface area contributed by atoms with Gasteiger partial charge in [-0.3, -0.25) is 4.90 Å². The number of aliphatic hydroxyl groups excluding tert-OH is 1. The van der Waals surface area contributed by atoms with E-state index in [1.807, 2.05) is 11.8 Å². The van der Waals surface area contributed by atoms with Gasteiger partial charge in [0.15, 0.2) is 0 Å². The van der Waals surface area contributed by atoms with E-state index < -0.39 is 0 Å². The van der Waals surface area contributed by atoms with E-state index in [1.54, 1.807) is 0 Å². The third kappa shape index (κ3) is 4.08. The molecule has 0 aromatic rings. The zero-order valence-electron chi connectivity index (χ0n) is 12.0. The second kappa shape index (κ2) is 7.10. The molecule has 0 spiro atoms. The lowest BCUT2D eigenvalue weighted by atomic mass is 10.00. The molecule has 2 N–H and O–H groups in total. The molecule has 2 aliphatic rings. The van der Waals surface area contributed by atoms with Crippen molar-refractivity contribution in [1.29, 1.82) is 0 Å². The minimum absolute atomic E-state index is 0.0654. The highest BCUT2D eigenvalue weighted by Gasteiger charge is 2.31. The first-order valence-corrected chi connectivity index (χ1v) is 7.61. The van der Waals surface area contributed by atoms with Gasteiger partial charge in [-0.2, -0.15) is 0 Å². The zero-order valence-corrected chi connectivity index (χ0v) is 12.0. The Bertz CT molecular complexity index is 298. The summed E-state index contributed by atoms with van der Waals surface area (Å²) in [5.74, 6) is 0. The SMILES string of the molecule is CC(CCCO)NC(=O)N1CCN2CCCCC2C1. The molecule has 2 atom stereocenters. The lowest BCUT2D eigenvalue weighted by Crippen LogP contribution is -2.58. The number of hydrogen-bond donors (Lipinski definition) is 2. The van der Waals surface area contributed by atoms with E-state index in [1.165, 1.54) is 25.8 Å². The molecule has 2 aliphatic heterocycles. The first-order valence-electron chi connectivity index (χ1n) is 7.61. The van der Waals surface area contributed by atoms with E-state index in [9.17, 15) is 4.79 Å². The molecule has 2 amide bonds. The van der Waals surface area contributed by atoms with Crippen LogP contribution in [0.15, 0.2) is 0 Å². The molecule has 0 aromatic carbocycles. The van der Waals surface area contributed by atoms with Gasteiger partial charge in [-0.05, 0) is 39.2 Å². The van der Waals surface area contributed by atoms with Crippen LogP contribution in [0, 0.1) is 0 Å². The van der Waals surface area contributed by atoms with Crippen molar-refractivity contribution in [3.05, 3.63) is 0 Å². The average molecular weight is 269 g/mol. The predicted molar refractivity (Wildman–Crippen MR) is 75.1 cm³/mol. The van der Waals surface area contributed by atoms with Crippen molar-refractivity contribution in [1.82, 2.24) is 15.1 Å². The molecule has 2 heterocycles. The van der Waals surface area contributed by atoms with Gasteiger partial charge in [-0.15, -0.1) is 0 Å². The maximum atomic E-state index is 12.2. The number of amides is 2. The number of fused-ring (bicyclic) bond motifs is 1. The highest BCUT2D eigenvalue weighted by Crippen LogP contribution is 2.21. The van der Waals surface area contributed by atoms with E-state index in [2.05, 4.69) is 10.2 Å². The van der Waals surface area contributed by atoms with Gasteiger partial charge in [0, 0.05) is 38.3 Å². The molecule has 0 radical (unpaired) electrons. The number of aliphatic hydroxyl groups is 1. The summed E-state index contributed by atoms with van der Waals surface area (Å²) in [6.07, 6.45) is 5.41. The summed E-state index contributed by atoms with van der Waals surface area (Å²) in [6.45, 7) is 6.13. The Kier molecular flexibility index (Phi) is 5.45. The Labute approximate surface area is 115 Å². The van der Waals surface area contributed by atoms with Gasteiger partial charge in [0.1, 0.15) is 0 Å². The van der Waals surface area contributed by atoms with Gasteiger partial charge >= 0.3 is 6.03 Å². The minimum Gasteiger partial charge on any atom is -0.396 e.